The first-order valence-corrected chi connectivity index (χ1v) is 11.4. The first kappa shape index (κ1) is 22.3. The fourth-order valence-electron chi connectivity index (χ4n) is 4.36. The second-order valence-corrected chi connectivity index (χ2v) is 8.84. The van der Waals surface area contributed by atoms with E-state index in [-0.39, 0.29) is 19.1 Å². The number of carbonyl (C=O) groups excluding carboxylic acids is 4. The Labute approximate surface area is 180 Å². The number of fused-ring (bicyclic) bond motifs is 1. The Balaban J connectivity index is 1.76. The van der Waals surface area contributed by atoms with E-state index in [1.54, 1.807) is 6.92 Å². The fraction of sp³-hybridized carbons (Fsp3) is 0.619. The van der Waals surface area contributed by atoms with Gasteiger partial charge in [0.15, 0.2) is 0 Å². The zero-order valence-electron chi connectivity index (χ0n) is 17.8. The highest BCUT2D eigenvalue weighted by atomic mass is 32.1. The van der Waals surface area contributed by atoms with Gasteiger partial charge < -0.3 is 15.4 Å². The van der Waals surface area contributed by atoms with E-state index in [1.807, 2.05) is 13.8 Å². The van der Waals surface area contributed by atoms with Crippen LogP contribution in [-0.4, -0.2) is 47.4 Å². The molecule has 0 atom stereocenters. The molecule has 1 aliphatic carbocycles. The highest BCUT2D eigenvalue weighted by molar-refractivity contribution is 7.17. The second-order valence-electron chi connectivity index (χ2n) is 7.73. The highest BCUT2D eigenvalue weighted by Crippen LogP contribution is 2.39. The molecule has 1 aromatic heterocycles. The van der Waals surface area contributed by atoms with E-state index in [4.69, 9.17) is 4.74 Å². The summed E-state index contributed by atoms with van der Waals surface area (Å²) < 4.78 is 5.17. The van der Waals surface area contributed by atoms with E-state index in [2.05, 4.69) is 10.6 Å². The Kier molecular flexibility index (Phi) is 6.80. The third kappa shape index (κ3) is 4.08. The molecule has 4 amide bonds. The molecule has 2 aliphatic rings. The molecule has 1 saturated heterocycles. The molecule has 0 unspecified atom stereocenters. The van der Waals surface area contributed by atoms with E-state index in [0.717, 1.165) is 47.4 Å². The van der Waals surface area contributed by atoms with Crippen LogP contribution in [0.25, 0.3) is 0 Å². The molecular formula is C21H29N3O5S. The van der Waals surface area contributed by atoms with Gasteiger partial charge >= 0.3 is 12.0 Å². The molecule has 0 spiro atoms. The third-order valence-corrected chi connectivity index (χ3v) is 6.76. The summed E-state index contributed by atoms with van der Waals surface area (Å²) in [4.78, 5) is 52.6. The predicted molar refractivity (Wildman–Crippen MR) is 114 cm³/mol. The Morgan fingerprint density at radius 1 is 1.17 bits per heavy atom. The minimum Gasteiger partial charge on any atom is -0.462 e. The lowest BCUT2D eigenvalue weighted by atomic mass is 9.88. The van der Waals surface area contributed by atoms with Crippen molar-refractivity contribution in [3.8, 4) is 0 Å². The highest BCUT2D eigenvalue weighted by Gasteiger charge is 2.50. The van der Waals surface area contributed by atoms with Crippen molar-refractivity contribution in [2.75, 3.05) is 18.5 Å². The first-order chi connectivity index (χ1) is 14.4. The molecule has 2 heterocycles. The Morgan fingerprint density at radius 2 is 1.87 bits per heavy atom. The number of aryl methyl sites for hydroxylation is 1. The maximum Gasteiger partial charge on any atom is 0.341 e. The largest absolute Gasteiger partial charge is 0.462 e. The number of imide groups is 1. The summed E-state index contributed by atoms with van der Waals surface area (Å²) in [6.07, 6.45) is 5.18. The molecule has 2 N–H and O–H groups in total. The van der Waals surface area contributed by atoms with Gasteiger partial charge in [-0.1, -0.05) is 26.7 Å². The number of amides is 4. The summed E-state index contributed by atoms with van der Waals surface area (Å²) >= 11 is 1.37. The smallest absolute Gasteiger partial charge is 0.341 e. The number of anilines is 1. The monoisotopic (exact) mass is 435 g/mol. The normalized spacial score (nSPS) is 17.1. The van der Waals surface area contributed by atoms with E-state index < -0.39 is 23.4 Å². The molecule has 9 heteroatoms. The predicted octanol–water partition coefficient (Wildman–Crippen LogP) is 3.24. The molecule has 164 valence electrons. The lowest BCUT2D eigenvalue weighted by molar-refractivity contribution is -0.134. The van der Waals surface area contributed by atoms with E-state index in [1.165, 1.54) is 11.3 Å². The summed E-state index contributed by atoms with van der Waals surface area (Å²) in [6.45, 7) is 5.51. The topological polar surface area (TPSA) is 105 Å². The molecule has 1 aliphatic heterocycles. The van der Waals surface area contributed by atoms with Crippen LogP contribution in [0.15, 0.2) is 0 Å². The molecule has 3 rings (SSSR count). The SMILES string of the molecule is CCCC1(CCC)NC(=O)N(CC(=O)Nc2sc3c(c2C(=O)OCC)CCC3)C1=O. The number of nitrogens with zero attached hydrogens (tertiary/aromatic N) is 1. The zero-order valence-corrected chi connectivity index (χ0v) is 18.6. The second kappa shape index (κ2) is 9.16. The van der Waals surface area contributed by atoms with Crippen LogP contribution < -0.4 is 10.6 Å². The number of urea groups is 1. The van der Waals surface area contributed by atoms with Crippen LogP contribution in [0.3, 0.4) is 0 Å². The fourth-order valence-corrected chi connectivity index (χ4v) is 5.65. The summed E-state index contributed by atoms with van der Waals surface area (Å²) in [7, 11) is 0. The lowest BCUT2D eigenvalue weighted by Gasteiger charge is -2.25. The number of esters is 1. The van der Waals surface area contributed by atoms with Gasteiger partial charge in [-0.15, -0.1) is 11.3 Å². The number of ether oxygens (including phenoxy) is 1. The number of nitrogens with one attached hydrogen (secondary N) is 2. The van der Waals surface area contributed by atoms with Crippen LogP contribution in [0.4, 0.5) is 9.80 Å². The molecule has 0 radical (unpaired) electrons. The van der Waals surface area contributed by atoms with Crippen molar-refractivity contribution in [2.45, 2.75) is 71.3 Å². The van der Waals surface area contributed by atoms with Gasteiger partial charge in [0, 0.05) is 4.88 Å². The van der Waals surface area contributed by atoms with Crippen molar-refractivity contribution in [3.63, 3.8) is 0 Å². The third-order valence-electron chi connectivity index (χ3n) is 5.55. The van der Waals surface area contributed by atoms with Crippen molar-refractivity contribution < 1.29 is 23.9 Å². The van der Waals surface area contributed by atoms with Crippen LogP contribution in [-0.2, 0) is 27.2 Å². The average Bonchev–Trinajstić information content (AvgIpc) is 3.31. The maximum atomic E-state index is 13.0. The molecule has 1 fully saturated rings. The minimum atomic E-state index is -0.930. The molecule has 0 bridgehead atoms. The zero-order chi connectivity index (χ0) is 21.9. The van der Waals surface area contributed by atoms with Gasteiger partial charge in [-0.05, 0) is 44.6 Å². The lowest BCUT2D eigenvalue weighted by Crippen LogP contribution is -2.47. The summed E-state index contributed by atoms with van der Waals surface area (Å²) in [5.41, 5.74) is 0.418. The Bertz CT molecular complexity index is 857. The number of hydrogen-bond acceptors (Lipinski definition) is 6. The minimum absolute atomic E-state index is 0.246. The van der Waals surface area contributed by atoms with Gasteiger partial charge in [0.1, 0.15) is 17.1 Å². The van der Waals surface area contributed by atoms with Gasteiger partial charge in [0.2, 0.25) is 5.91 Å². The first-order valence-electron chi connectivity index (χ1n) is 10.6. The van der Waals surface area contributed by atoms with Crippen molar-refractivity contribution in [3.05, 3.63) is 16.0 Å². The van der Waals surface area contributed by atoms with Crippen LogP contribution in [0.1, 0.15) is 73.7 Å². The van der Waals surface area contributed by atoms with Gasteiger partial charge in [-0.25, -0.2) is 9.59 Å². The van der Waals surface area contributed by atoms with E-state index >= 15 is 0 Å². The maximum absolute atomic E-state index is 13.0. The van der Waals surface area contributed by atoms with Gasteiger partial charge in [-0.2, -0.15) is 0 Å². The number of thiophene rings is 1. The molecule has 8 nitrogen and oxygen atoms in total. The van der Waals surface area contributed by atoms with Crippen molar-refractivity contribution >= 4 is 40.2 Å². The van der Waals surface area contributed by atoms with Crippen molar-refractivity contribution in [1.82, 2.24) is 10.2 Å². The van der Waals surface area contributed by atoms with Crippen LogP contribution in [0.5, 0.6) is 0 Å². The number of hydrogen-bond donors (Lipinski definition) is 2. The van der Waals surface area contributed by atoms with Crippen LogP contribution >= 0.6 is 11.3 Å². The average molecular weight is 436 g/mol. The quantitative estimate of drug-likeness (QED) is 0.458. The van der Waals surface area contributed by atoms with Crippen molar-refractivity contribution in [1.29, 1.82) is 0 Å². The van der Waals surface area contributed by atoms with E-state index in [9.17, 15) is 19.2 Å². The van der Waals surface area contributed by atoms with Crippen molar-refractivity contribution in [2.24, 2.45) is 0 Å². The Hall–Kier alpha value is -2.42. The standard InChI is InChI=1S/C21H29N3O5S/c1-4-10-21(11-5-2)19(27)24(20(28)23-21)12-15(25)22-17-16(18(26)29-6-3)13-8-7-9-14(13)30-17/h4-12H2,1-3H3,(H,22,25)(H,23,28). The van der Waals surface area contributed by atoms with Gasteiger partial charge in [0.05, 0.1) is 12.2 Å². The van der Waals surface area contributed by atoms with Crippen LogP contribution in [0, 0.1) is 0 Å². The Morgan fingerprint density at radius 3 is 2.50 bits per heavy atom. The van der Waals surface area contributed by atoms with Crippen LogP contribution in [0.2, 0.25) is 0 Å². The number of carbonyl (C=O) groups is 4. The molecular weight excluding hydrogens is 406 g/mol. The molecule has 0 saturated carbocycles. The summed E-state index contributed by atoms with van der Waals surface area (Å²) in [5, 5.41) is 5.98. The molecule has 1 aromatic rings. The number of rotatable bonds is 9. The molecule has 0 aromatic carbocycles. The van der Waals surface area contributed by atoms with E-state index in [0.29, 0.717) is 23.4 Å². The van der Waals surface area contributed by atoms with Gasteiger partial charge in [0.25, 0.3) is 5.91 Å². The summed E-state index contributed by atoms with van der Waals surface area (Å²) in [6, 6.07) is -0.545. The summed E-state index contributed by atoms with van der Waals surface area (Å²) in [5.74, 6) is -1.31. The molecule has 30 heavy (non-hydrogen) atoms. The van der Waals surface area contributed by atoms with Gasteiger partial charge in [-0.3, -0.25) is 14.5 Å².